The lowest BCUT2D eigenvalue weighted by atomic mass is 9.82. The van der Waals surface area contributed by atoms with E-state index >= 15 is 0 Å². The van der Waals surface area contributed by atoms with Crippen molar-refractivity contribution in [1.29, 1.82) is 0 Å². The molecule has 0 aliphatic heterocycles. The number of amides is 1. The number of carbonyl (C=O) groups excluding carboxylic acids is 1. The first kappa shape index (κ1) is 11.5. The Morgan fingerprint density at radius 3 is 2.50 bits per heavy atom. The largest absolute Gasteiger partial charge is 0.394 e. The molecular formula is C10H20N2O2. The zero-order chi connectivity index (χ0) is 10.4. The first-order chi connectivity index (χ1) is 6.72. The second kappa shape index (κ2) is 5.32. The van der Waals surface area contributed by atoms with Crippen LogP contribution in [0.25, 0.3) is 0 Å². The molecule has 1 aliphatic rings. The van der Waals surface area contributed by atoms with Crippen molar-refractivity contribution in [2.24, 2.45) is 0 Å². The number of likely N-dealkylation sites (N-methyl/N-ethyl adjacent to an activating group) is 1. The molecule has 1 aliphatic carbocycles. The molecule has 4 heteroatoms. The summed E-state index contributed by atoms with van der Waals surface area (Å²) in [6.45, 7) is 0.432. The van der Waals surface area contributed by atoms with Crippen molar-refractivity contribution in [2.75, 3.05) is 20.2 Å². The molecule has 0 atom stereocenters. The summed E-state index contributed by atoms with van der Waals surface area (Å²) in [6.07, 6.45) is 5.47. The van der Waals surface area contributed by atoms with Crippen molar-refractivity contribution < 1.29 is 9.90 Å². The monoisotopic (exact) mass is 200 g/mol. The van der Waals surface area contributed by atoms with E-state index in [0.29, 0.717) is 6.54 Å². The number of aliphatic hydroxyl groups is 1. The second-order valence-electron chi connectivity index (χ2n) is 4.03. The Kier molecular flexibility index (Phi) is 4.35. The minimum Gasteiger partial charge on any atom is -0.394 e. The SMILES string of the molecule is CNC(=O)CNC1(CO)CCCCC1. The molecule has 0 heterocycles. The maximum atomic E-state index is 11.1. The van der Waals surface area contributed by atoms with Crippen LogP contribution in [0, 0.1) is 0 Å². The van der Waals surface area contributed by atoms with Gasteiger partial charge in [-0.3, -0.25) is 4.79 Å². The van der Waals surface area contributed by atoms with E-state index in [1.807, 2.05) is 0 Å². The number of hydrogen-bond acceptors (Lipinski definition) is 3. The standard InChI is InChI=1S/C10H20N2O2/c1-11-9(14)7-12-10(8-13)5-3-2-4-6-10/h12-13H,2-8H2,1H3,(H,11,14). The molecule has 0 bridgehead atoms. The van der Waals surface area contributed by atoms with Gasteiger partial charge in [0, 0.05) is 12.6 Å². The summed E-state index contributed by atoms with van der Waals surface area (Å²) in [5, 5.41) is 15.1. The molecule has 1 saturated carbocycles. The van der Waals surface area contributed by atoms with Crippen molar-refractivity contribution >= 4 is 5.91 Å². The van der Waals surface area contributed by atoms with Crippen molar-refractivity contribution in [3.05, 3.63) is 0 Å². The fourth-order valence-corrected chi connectivity index (χ4v) is 1.98. The van der Waals surface area contributed by atoms with E-state index in [9.17, 15) is 9.90 Å². The fourth-order valence-electron chi connectivity index (χ4n) is 1.98. The van der Waals surface area contributed by atoms with Gasteiger partial charge in [-0.1, -0.05) is 19.3 Å². The van der Waals surface area contributed by atoms with Crippen LogP contribution >= 0.6 is 0 Å². The highest BCUT2D eigenvalue weighted by Crippen LogP contribution is 2.27. The van der Waals surface area contributed by atoms with Gasteiger partial charge < -0.3 is 15.7 Å². The number of hydrogen-bond donors (Lipinski definition) is 3. The van der Waals surface area contributed by atoms with Crippen LogP contribution in [0.5, 0.6) is 0 Å². The van der Waals surface area contributed by atoms with Crippen LogP contribution in [0.15, 0.2) is 0 Å². The minimum absolute atomic E-state index is 0.0246. The molecule has 0 unspecified atom stereocenters. The molecule has 0 spiro atoms. The molecule has 0 radical (unpaired) electrons. The normalized spacial score (nSPS) is 20.4. The van der Waals surface area contributed by atoms with Gasteiger partial charge in [-0.25, -0.2) is 0 Å². The third kappa shape index (κ3) is 2.96. The molecule has 14 heavy (non-hydrogen) atoms. The smallest absolute Gasteiger partial charge is 0.233 e. The Morgan fingerprint density at radius 2 is 2.00 bits per heavy atom. The predicted molar refractivity (Wildman–Crippen MR) is 55.0 cm³/mol. The topological polar surface area (TPSA) is 61.4 Å². The van der Waals surface area contributed by atoms with Gasteiger partial charge in [0.1, 0.15) is 0 Å². The van der Waals surface area contributed by atoms with E-state index in [1.165, 1.54) is 6.42 Å². The highest BCUT2D eigenvalue weighted by molar-refractivity contribution is 5.77. The van der Waals surface area contributed by atoms with Gasteiger partial charge in [-0.05, 0) is 12.8 Å². The number of nitrogens with one attached hydrogen (secondary N) is 2. The average Bonchev–Trinajstić information content (AvgIpc) is 2.27. The zero-order valence-corrected chi connectivity index (χ0v) is 8.81. The van der Waals surface area contributed by atoms with E-state index in [0.717, 1.165) is 25.7 Å². The lowest BCUT2D eigenvalue weighted by Gasteiger charge is -2.36. The Morgan fingerprint density at radius 1 is 1.36 bits per heavy atom. The maximum Gasteiger partial charge on any atom is 0.233 e. The van der Waals surface area contributed by atoms with E-state index in [-0.39, 0.29) is 18.1 Å². The van der Waals surface area contributed by atoms with Gasteiger partial charge in [-0.15, -0.1) is 0 Å². The molecule has 1 fully saturated rings. The van der Waals surface area contributed by atoms with Crippen LogP contribution in [0.4, 0.5) is 0 Å². The molecule has 0 aromatic heterocycles. The van der Waals surface area contributed by atoms with Gasteiger partial charge in [0.15, 0.2) is 0 Å². The van der Waals surface area contributed by atoms with Crippen molar-refractivity contribution in [3.8, 4) is 0 Å². The van der Waals surface area contributed by atoms with Gasteiger partial charge in [-0.2, -0.15) is 0 Å². The average molecular weight is 200 g/mol. The predicted octanol–water partition coefficient (Wildman–Crippen LogP) is 0.0172. The molecule has 1 rings (SSSR count). The van der Waals surface area contributed by atoms with Crippen molar-refractivity contribution in [2.45, 2.75) is 37.6 Å². The highest BCUT2D eigenvalue weighted by Gasteiger charge is 2.30. The van der Waals surface area contributed by atoms with E-state index < -0.39 is 0 Å². The number of aliphatic hydroxyl groups excluding tert-OH is 1. The summed E-state index contributed by atoms with van der Waals surface area (Å²) in [4.78, 5) is 11.1. The van der Waals surface area contributed by atoms with Gasteiger partial charge in [0.25, 0.3) is 0 Å². The molecule has 0 saturated heterocycles. The lowest BCUT2D eigenvalue weighted by molar-refractivity contribution is -0.120. The molecule has 1 amide bonds. The van der Waals surface area contributed by atoms with Gasteiger partial charge in [0.05, 0.1) is 13.2 Å². The molecule has 4 nitrogen and oxygen atoms in total. The Balaban J connectivity index is 2.39. The molecule has 82 valence electrons. The van der Waals surface area contributed by atoms with Crippen LogP contribution < -0.4 is 10.6 Å². The third-order valence-corrected chi connectivity index (χ3v) is 3.02. The number of carbonyl (C=O) groups is 1. The van der Waals surface area contributed by atoms with Crippen LogP contribution in [-0.4, -0.2) is 36.8 Å². The Bertz CT molecular complexity index is 189. The van der Waals surface area contributed by atoms with Crippen LogP contribution in [0.3, 0.4) is 0 Å². The van der Waals surface area contributed by atoms with E-state index in [1.54, 1.807) is 7.05 Å². The molecule has 3 N–H and O–H groups in total. The third-order valence-electron chi connectivity index (χ3n) is 3.02. The summed E-state index contributed by atoms with van der Waals surface area (Å²) in [7, 11) is 1.62. The minimum atomic E-state index is -0.204. The van der Waals surface area contributed by atoms with Crippen LogP contribution in [0.1, 0.15) is 32.1 Å². The Labute approximate surface area is 85.1 Å². The molecular weight excluding hydrogens is 180 g/mol. The summed E-state index contributed by atoms with van der Waals surface area (Å²) in [5.74, 6) is -0.0246. The quantitative estimate of drug-likeness (QED) is 0.599. The summed E-state index contributed by atoms with van der Waals surface area (Å²) >= 11 is 0. The lowest BCUT2D eigenvalue weighted by Crippen LogP contribution is -2.52. The van der Waals surface area contributed by atoms with Crippen molar-refractivity contribution in [3.63, 3.8) is 0 Å². The van der Waals surface area contributed by atoms with E-state index in [2.05, 4.69) is 10.6 Å². The van der Waals surface area contributed by atoms with Gasteiger partial charge in [0.2, 0.25) is 5.91 Å². The summed E-state index contributed by atoms with van der Waals surface area (Å²) in [5.41, 5.74) is -0.204. The summed E-state index contributed by atoms with van der Waals surface area (Å²) in [6, 6.07) is 0. The fraction of sp³-hybridized carbons (Fsp3) is 0.900. The first-order valence-electron chi connectivity index (χ1n) is 5.29. The van der Waals surface area contributed by atoms with Crippen LogP contribution in [0.2, 0.25) is 0 Å². The van der Waals surface area contributed by atoms with Crippen LogP contribution in [-0.2, 0) is 4.79 Å². The molecule has 0 aromatic rings. The maximum absolute atomic E-state index is 11.1. The summed E-state index contributed by atoms with van der Waals surface area (Å²) < 4.78 is 0. The van der Waals surface area contributed by atoms with Crippen molar-refractivity contribution in [1.82, 2.24) is 10.6 Å². The second-order valence-corrected chi connectivity index (χ2v) is 4.03. The Hall–Kier alpha value is -0.610. The van der Waals surface area contributed by atoms with E-state index in [4.69, 9.17) is 0 Å². The zero-order valence-electron chi connectivity index (χ0n) is 8.81. The molecule has 0 aromatic carbocycles. The van der Waals surface area contributed by atoms with Gasteiger partial charge >= 0.3 is 0 Å². The highest BCUT2D eigenvalue weighted by atomic mass is 16.3. The first-order valence-corrected chi connectivity index (χ1v) is 5.29. The number of rotatable bonds is 4.